The molecule has 2 aromatic rings. The first-order valence-electron chi connectivity index (χ1n) is 7.87. The Morgan fingerprint density at radius 1 is 1.09 bits per heavy atom. The van der Waals surface area contributed by atoms with Gasteiger partial charge in [-0.25, -0.2) is 4.68 Å². The van der Waals surface area contributed by atoms with Crippen LogP contribution in [0.15, 0.2) is 30.3 Å². The third-order valence-electron chi connectivity index (χ3n) is 4.13. The van der Waals surface area contributed by atoms with E-state index in [1.807, 2.05) is 36.1 Å². The van der Waals surface area contributed by atoms with Crippen LogP contribution in [-0.2, 0) is 0 Å². The third kappa shape index (κ3) is 2.98. The van der Waals surface area contributed by atoms with E-state index in [1.165, 1.54) is 18.4 Å². The predicted octanol–water partition coefficient (Wildman–Crippen LogP) is 2.78. The zero-order valence-electron chi connectivity index (χ0n) is 13.0. The van der Waals surface area contributed by atoms with Gasteiger partial charge in [-0.3, -0.25) is 4.79 Å². The summed E-state index contributed by atoms with van der Waals surface area (Å²) in [4.78, 5) is 14.5. The van der Waals surface area contributed by atoms with Crippen LogP contribution < -0.4 is 5.73 Å². The van der Waals surface area contributed by atoms with E-state index < -0.39 is 0 Å². The minimum Gasteiger partial charge on any atom is -0.384 e. The molecule has 1 saturated heterocycles. The average Bonchev–Trinajstić information content (AvgIpc) is 2.74. The molecule has 0 unspecified atom stereocenters. The highest BCUT2D eigenvalue weighted by Crippen LogP contribution is 2.18. The number of hydrogen-bond acceptors (Lipinski definition) is 3. The van der Waals surface area contributed by atoms with Gasteiger partial charge in [0.05, 0.1) is 5.69 Å². The number of carbonyl (C=O) groups excluding carboxylic acids is 1. The first-order chi connectivity index (χ1) is 10.6. The van der Waals surface area contributed by atoms with E-state index in [2.05, 4.69) is 5.10 Å². The second kappa shape index (κ2) is 6.22. The number of carbonyl (C=O) groups is 1. The molecule has 1 aliphatic heterocycles. The fourth-order valence-corrected chi connectivity index (χ4v) is 2.83. The van der Waals surface area contributed by atoms with E-state index >= 15 is 0 Å². The number of rotatable bonds is 2. The Bertz CT molecular complexity index is 652. The number of likely N-dealkylation sites (tertiary alicyclic amines) is 1. The van der Waals surface area contributed by atoms with E-state index in [9.17, 15) is 4.79 Å². The van der Waals surface area contributed by atoms with Crippen molar-refractivity contribution < 1.29 is 4.79 Å². The summed E-state index contributed by atoms with van der Waals surface area (Å²) in [5, 5.41) is 4.42. The lowest BCUT2D eigenvalue weighted by Gasteiger charge is -2.18. The minimum atomic E-state index is -0.0144. The van der Waals surface area contributed by atoms with Crippen LogP contribution in [0.5, 0.6) is 0 Å². The van der Waals surface area contributed by atoms with Crippen LogP contribution in [0.1, 0.15) is 41.7 Å². The zero-order chi connectivity index (χ0) is 15.5. The Balaban J connectivity index is 1.84. The van der Waals surface area contributed by atoms with Gasteiger partial charge in [0.25, 0.3) is 5.91 Å². The van der Waals surface area contributed by atoms with Crippen LogP contribution in [0.2, 0.25) is 0 Å². The Kier molecular flexibility index (Phi) is 4.13. The maximum absolute atomic E-state index is 12.6. The number of aromatic nitrogens is 2. The molecule has 1 aromatic heterocycles. The van der Waals surface area contributed by atoms with Gasteiger partial charge < -0.3 is 10.6 Å². The van der Waals surface area contributed by atoms with Gasteiger partial charge in [-0.05, 0) is 31.9 Å². The lowest BCUT2D eigenvalue weighted by Crippen LogP contribution is -2.32. The lowest BCUT2D eigenvalue weighted by atomic mass is 10.2. The maximum atomic E-state index is 12.6. The molecule has 0 aliphatic carbocycles. The monoisotopic (exact) mass is 298 g/mol. The van der Waals surface area contributed by atoms with Gasteiger partial charge in [0, 0.05) is 19.2 Å². The number of anilines is 1. The van der Waals surface area contributed by atoms with Crippen LogP contribution in [0, 0.1) is 6.92 Å². The quantitative estimate of drug-likeness (QED) is 0.927. The fraction of sp³-hybridized carbons (Fsp3) is 0.412. The van der Waals surface area contributed by atoms with Gasteiger partial charge in [-0.2, -0.15) is 5.10 Å². The summed E-state index contributed by atoms with van der Waals surface area (Å²) in [6.45, 7) is 3.66. The molecule has 1 fully saturated rings. The van der Waals surface area contributed by atoms with Crippen LogP contribution >= 0.6 is 0 Å². The van der Waals surface area contributed by atoms with Gasteiger partial charge >= 0.3 is 0 Å². The van der Waals surface area contributed by atoms with Crippen molar-refractivity contribution in [1.29, 1.82) is 0 Å². The molecule has 0 spiro atoms. The molecule has 1 aliphatic rings. The summed E-state index contributed by atoms with van der Waals surface area (Å²) in [6.07, 6.45) is 4.53. The van der Waals surface area contributed by atoms with Crippen LogP contribution in [-0.4, -0.2) is 33.7 Å². The average molecular weight is 298 g/mol. The smallest absolute Gasteiger partial charge is 0.274 e. The molecule has 1 amide bonds. The number of nitrogens with two attached hydrogens (primary N) is 1. The molecule has 22 heavy (non-hydrogen) atoms. The van der Waals surface area contributed by atoms with Crippen molar-refractivity contribution in [2.45, 2.75) is 32.6 Å². The first-order valence-corrected chi connectivity index (χ1v) is 7.87. The molecule has 3 rings (SSSR count). The van der Waals surface area contributed by atoms with Crippen molar-refractivity contribution in [2.75, 3.05) is 18.8 Å². The summed E-state index contributed by atoms with van der Waals surface area (Å²) >= 11 is 0. The molecule has 116 valence electrons. The van der Waals surface area contributed by atoms with E-state index in [1.54, 1.807) is 10.7 Å². The zero-order valence-corrected chi connectivity index (χ0v) is 13.0. The van der Waals surface area contributed by atoms with E-state index in [-0.39, 0.29) is 5.91 Å². The summed E-state index contributed by atoms with van der Waals surface area (Å²) in [5.41, 5.74) is 8.52. The molecule has 0 saturated carbocycles. The second-order valence-corrected chi connectivity index (χ2v) is 5.91. The summed E-state index contributed by atoms with van der Waals surface area (Å²) in [5.74, 6) is 0.474. The highest BCUT2D eigenvalue weighted by Gasteiger charge is 2.21. The maximum Gasteiger partial charge on any atom is 0.274 e. The molecule has 2 heterocycles. The minimum absolute atomic E-state index is 0.0144. The summed E-state index contributed by atoms with van der Waals surface area (Å²) < 4.78 is 1.63. The second-order valence-electron chi connectivity index (χ2n) is 5.91. The Morgan fingerprint density at radius 2 is 1.73 bits per heavy atom. The summed E-state index contributed by atoms with van der Waals surface area (Å²) in [7, 11) is 0. The number of nitrogen functional groups attached to an aromatic ring is 1. The van der Waals surface area contributed by atoms with Crippen molar-refractivity contribution >= 4 is 11.7 Å². The number of aryl methyl sites for hydroxylation is 1. The Labute approximate surface area is 130 Å². The highest BCUT2D eigenvalue weighted by atomic mass is 16.2. The largest absolute Gasteiger partial charge is 0.384 e. The van der Waals surface area contributed by atoms with Crippen molar-refractivity contribution in [2.24, 2.45) is 0 Å². The van der Waals surface area contributed by atoms with Gasteiger partial charge in [0.2, 0.25) is 0 Å². The number of nitrogens with zero attached hydrogens (tertiary/aromatic N) is 3. The SMILES string of the molecule is Cc1ccc(-n2nc(C(=O)N3CCCCCC3)cc2N)cc1. The lowest BCUT2D eigenvalue weighted by molar-refractivity contribution is 0.0755. The molecule has 5 nitrogen and oxygen atoms in total. The molecule has 2 N–H and O–H groups in total. The number of benzene rings is 1. The number of amides is 1. The van der Waals surface area contributed by atoms with Crippen molar-refractivity contribution in [3.63, 3.8) is 0 Å². The van der Waals surface area contributed by atoms with E-state index in [0.717, 1.165) is 31.6 Å². The molecule has 5 heteroatoms. The van der Waals surface area contributed by atoms with Crippen molar-refractivity contribution in [3.05, 3.63) is 41.6 Å². The standard InChI is InChI=1S/C17H22N4O/c1-13-6-8-14(9-7-13)21-16(18)12-15(19-21)17(22)20-10-4-2-3-5-11-20/h6-9,12H,2-5,10-11,18H2,1H3. The van der Waals surface area contributed by atoms with E-state index in [4.69, 9.17) is 5.73 Å². The van der Waals surface area contributed by atoms with Crippen LogP contribution in [0.25, 0.3) is 5.69 Å². The molecule has 1 aromatic carbocycles. The molecule has 0 bridgehead atoms. The topological polar surface area (TPSA) is 64.2 Å². The molecule has 0 atom stereocenters. The predicted molar refractivity (Wildman–Crippen MR) is 87.1 cm³/mol. The highest BCUT2D eigenvalue weighted by molar-refractivity contribution is 5.93. The van der Waals surface area contributed by atoms with Crippen LogP contribution in [0.3, 0.4) is 0 Å². The number of hydrogen-bond donors (Lipinski definition) is 1. The molecular weight excluding hydrogens is 276 g/mol. The first kappa shape index (κ1) is 14.6. The van der Waals surface area contributed by atoms with Crippen LogP contribution in [0.4, 0.5) is 5.82 Å². The van der Waals surface area contributed by atoms with Gasteiger partial charge in [-0.1, -0.05) is 30.5 Å². The van der Waals surface area contributed by atoms with E-state index in [0.29, 0.717) is 11.5 Å². The van der Waals surface area contributed by atoms with Crippen molar-refractivity contribution in [1.82, 2.24) is 14.7 Å². The Morgan fingerprint density at radius 3 is 2.36 bits per heavy atom. The van der Waals surface area contributed by atoms with Gasteiger partial charge in [0.1, 0.15) is 5.82 Å². The van der Waals surface area contributed by atoms with Gasteiger partial charge in [-0.15, -0.1) is 0 Å². The fourth-order valence-electron chi connectivity index (χ4n) is 2.83. The normalized spacial score (nSPS) is 15.6. The molecule has 0 radical (unpaired) electrons. The van der Waals surface area contributed by atoms with Crippen molar-refractivity contribution in [3.8, 4) is 5.69 Å². The molecular formula is C17H22N4O. The summed E-state index contributed by atoms with van der Waals surface area (Å²) in [6, 6.07) is 9.60. The Hall–Kier alpha value is -2.30. The van der Waals surface area contributed by atoms with Gasteiger partial charge in [0.15, 0.2) is 5.69 Å². The third-order valence-corrected chi connectivity index (χ3v) is 4.13.